The SMILES string of the molecule is Cc1ccc2[nH]c(=O)c(CN(CCN3CCOCC3)C(=O)Nc3ccc(Cl)cc3)cc2c1. The Balaban J connectivity index is 1.55. The average molecular weight is 455 g/mol. The van der Waals surface area contributed by atoms with Gasteiger partial charge in [-0.05, 0) is 54.8 Å². The summed E-state index contributed by atoms with van der Waals surface area (Å²) in [4.78, 5) is 32.7. The molecule has 32 heavy (non-hydrogen) atoms. The number of aryl methyl sites for hydroxylation is 1. The minimum absolute atomic E-state index is 0.183. The lowest BCUT2D eigenvalue weighted by Crippen LogP contribution is -2.44. The van der Waals surface area contributed by atoms with Crippen molar-refractivity contribution in [2.45, 2.75) is 13.5 Å². The lowest BCUT2D eigenvalue weighted by molar-refractivity contribution is 0.0349. The second-order valence-electron chi connectivity index (χ2n) is 8.03. The van der Waals surface area contributed by atoms with Gasteiger partial charge in [-0.1, -0.05) is 23.2 Å². The third-order valence-electron chi connectivity index (χ3n) is 5.61. The van der Waals surface area contributed by atoms with Gasteiger partial charge in [-0.2, -0.15) is 0 Å². The number of aromatic amines is 1. The molecule has 3 aromatic rings. The first-order valence-electron chi connectivity index (χ1n) is 10.7. The number of hydrogen-bond donors (Lipinski definition) is 2. The number of ether oxygens (including phenoxy) is 1. The second-order valence-corrected chi connectivity index (χ2v) is 8.46. The zero-order valence-electron chi connectivity index (χ0n) is 18.1. The molecule has 2 N–H and O–H groups in total. The largest absolute Gasteiger partial charge is 0.379 e. The van der Waals surface area contributed by atoms with Crippen LogP contribution < -0.4 is 10.9 Å². The molecule has 0 aliphatic carbocycles. The molecule has 1 aliphatic rings. The van der Waals surface area contributed by atoms with Gasteiger partial charge in [-0.3, -0.25) is 9.69 Å². The fourth-order valence-corrected chi connectivity index (χ4v) is 3.90. The normalized spacial score (nSPS) is 14.4. The maximum atomic E-state index is 13.1. The summed E-state index contributed by atoms with van der Waals surface area (Å²) in [7, 11) is 0. The average Bonchev–Trinajstić information content (AvgIpc) is 2.79. The Kier molecular flexibility index (Phi) is 7.09. The predicted octanol–water partition coefficient (Wildman–Crippen LogP) is 3.86. The van der Waals surface area contributed by atoms with E-state index in [1.165, 1.54) is 0 Å². The van der Waals surface area contributed by atoms with Crippen molar-refractivity contribution < 1.29 is 9.53 Å². The van der Waals surface area contributed by atoms with Gasteiger partial charge in [0.2, 0.25) is 0 Å². The minimum Gasteiger partial charge on any atom is -0.379 e. The molecular formula is C24H27ClN4O3. The van der Waals surface area contributed by atoms with Crippen LogP contribution in [0.5, 0.6) is 0 Å². The van der Waals surface area contributed by atoms with Crippen LogP contribution in [0.3, 0.4) is 0 Å². The van der Waals surface area contributed by atoms with Crippen LogP contribution in [0.2, 0.25) is 5.02 Å². The molecule has 4 rings (SSSR count). The molecule has 0 bridgehead atoms. The number of H-pyrrole nitrogens is 1. The van der Waals surface area contributed by atoms with E-state index in [1.54, 1.807) is 29.2 Å². The van der Waals surface area contributed by atoms with E-state index in [0.717, 1.165) is 29.6 Å². The summed E-state index contributed by atoms with van der Waals surface area (Å²) >= 11 is 5.95. The van der Waals surface area contributed by atoms with Gasteiger partial charge < -0.3 is 19.9 Å². The Morgan fingerprint density at radius 3 is 2.66 bits per heavy atom. The lowest BCUT2D eigenvalue weighted by Gasteiger charge is -2.30. The Labute approximate surface area is 191 Å². The first-order valence-corrected chi connectivity index (χ1v) is 11.1. The van der Waals surface area contributed by atoms with E-state index in [1.807, 2.05) is 31.2 Å². The van der Waals surface area contributed by atoms with Gasteiger partial charge in [-0.15, -0.1) is 0 Å². The Hall–Kier alpha value is -2.87. The number of aromatic nitrogens is 1. The molecule has 7 nitrogen and oxygen atoms in total. The maximum absolute atomic E-state index is 13.1. The number of amides is 2. The fraction of sp³-hybridized carbons (Fsp3) is 0.333. The van der Waals surface area contributed by atoms with Gasteiger partial charge in [0.05, 0.1) is 19.8 Å². The molecule has 0 saturated carbocycles. The van der Waals surface area contributed by atoms with E-state index in [-0.39, 0.29) is 18.1 Å². The van der Waals surface area contributed by atoms with E-state index < -0.39 is 0 Å². The number of urea groups is 1. The molecule has 8 heteroatoms. The molecule has 1 aromatic heterocycles. The Bertz CT molecular complexity index is 1140. The van der Waals surface area contributed by atoms with Crippen molar-refractivity contribution in [3.05, 3.63) is 75.0 Å². The number of anilines is 1. The number of benzene rings is 2. The van der Waals surface area contributed by atoms with E-state index in [2.05, 4.69) is 15.2 Å². The van der Waals surface area contributed by atoms with Crippen LogP contribution in [0.4, 0.5) is 10.5 Å². The van der Waals surface area contributed by atoms with Crippen molar-refractivity contribution in [2.24, 2.45) is 0 Å². The van der Waals surface area contributed by atoms with Crippen molar-refractivity contribution in [2.75, 3.05) is 44.7 Å². The quantitative estimate of drug-likeness (QED) is 0.593. The molecule has 0 spiro atoms. The van der Waals surface area contributed by atoms with Crippen LogP contribution >= 0.6 is 11.6 Å². The molecule has 2 heterocycles. The lowest BCUT2D eigenvalue weighted by atomic mass is 10.1. The fourth-order valence-electron chi connectivity index (χ4n) is 3.77. The van der Waals surface area contributed by atoms with Gasteiger partial charge in [0, 0.05) is 48.0 Å². The standard InChI is InChI=1S/C24H27ClN4O3/c1-17-2-7-22-18(14-17)15-19(23(30)27-22)16-29(9-8-28-10-12-32-13-11-28)24(31)26-21-5-3-20(25)4-6-21/h2-7,14-15H,8-13,16H2,1H3,(H,26,31)(H,27,30). The molecule has 1 aliphatic heterocycles. The van der Waals surface area contributed by atoms with Crippen LogP contribution in [0, 0.1) is 6.92 Å². The molecule has 168 valence electrons. The number of nitrogens with one attached hydrogen (secondary N) is 2. The highest BCUT2D eigenvalue weighted by Gasteiger charge is 2.19. The smallest absolute Gasteiger partial charge is 0.322 e. The number of morpholine rings is 1. The molecule has 0 unspecified atom stereocenters. The van der Waals surface area contributed by atoms with Crippen molar-refractivity contribution in [3.63, 3.8) is 0 Å². The number of fused-ring (bicyclic) bond motifs is 1. The predicted molar refractivity (Wildman–Crippen MR) is 127 cm³/mol. The van der Waals surface area contributed by atoms with Gasteiger partial charge in [-0.25, -0.2) is 4.79 Å². The molecule has 0 radical (unpaired) electrons. The van der Waals surface area contributed by atoms with Gasteiger partial charge in [0.15, 0.2) is 0 Å². The number of nitrogens with zero attached hydrogens (tertiary/aromatic N) is 2. The molecular weight excluding hydrogens is 428 g/mol. The van der Waals surface area contributed by atoms with Crippen LogP contribution in [0.1, 0.15) is 11.1 Å². The van der Waals surface area contributed by atoms with Gasteiger partial charge in [0.1, 0.15) is 0 Å². The van der Waals surface area contributed by atoms with E-state index in [0.29, 0.717) is 42.6 Å². The van der Waals surface area contributed by atoms with Crippen LogP contribution in [-0.2, 0) is 11.3 Å². The van der Waals surface area contributed by atoms with Crippen molar-refractivity contribution in [1.82, 2.24) is 14.8 Å². The third kappa shape index (κ3) is 5.68. The number of carbonyl (C=O) groups is 1. The topological polar surface area (TPSA) is 77.7 Å². The summed E-state index contributed by atoms with van der Waals surface area (Å²) in [6.45, 7) is 6.49. The van der Waals surface area contributed by atoms with Gasteiger partial charge in [0.25, 0.3) is 5.56 Å². The summed E-state index contributed by atoms with van der Waals surface area (Å²) in [5.41, 5.74) is 2.92. The van der Waals surface area contributed by atoms with Crippen LogP contribution in [0.15, 0.2) is 53.3 Å². The van der Waals surface area contributed by atoms with Gasteiger partial charge >= 0.3 is 6.03 Å². The minimum atomic E-state index is -0.260. The Morgan fingerprint density at radius 2 is 1.91 bits per heavy atom. The highest BCUT2D eigenvalue weighted by Crippen LogP contribution is 2.16. The number of pyridine rings is 1. The van der Waals surface area contributed by atoms with Crippen molar-refractivity contribution in [3.8, 4) is 0 Å². The highest BCUT2D eigenvalue weighted by atomic mass is 35.5. The summed E-state index contributed by atoms with van der Waals surface area (Å²) in [6, 6.07) is 14.5. The van der Waals surface area contributed by atoms with Crippen molar-refractivity contribution in [1.29, 1.82) is 0 Å². The highest BCUT2D eigenvalue weighted by molar-refractivity contribution is 6.30. The molecule has 2 aromatic carbocycles. The first kappa shape index (κ1) is 22.3. The van der Waals surface area contributed by atoms with Crippen LogP contribution in [0.25, 0.3) is 10.9 Å². The number of rotatable bonds is 6. The second kappa shape index (κ2) is 10.2. The zero-order chi connectivity index (χ0) is 22.5. The summed E-state index contributed by atoms with van der Waals surface area (Å²) in [5.74, 6) is 0. The maximum Gasteiger partial charge on any atom is 0.322 e. The third-order valence-corrected chi connectivity index (χ3v) is 5.86. The molecule has 0 atom stereocenters. The molecule has 1 saturated heterocycles. The monoisotopic (exact) mass is 454 g/mol. The van der Waals surface area contributed by atoms with Crippen LogP contribution in [-0.4, -0.2) is 60.2 Å². The first-order chi connectivity index (χ1) is 15.5. The molecule has 1 fully saturated rings. The van der Waals surface area contributed by atoms with E-state index in [9.17, 15) is 9.59 Å². The molecule has 2 amide bonds. The summed E-state index contributed by atoms with van der Waals surface area (Å²) < 4.78 is 5.41. The Morgan fingerprint density at radius 1 is 1.16 bits per heavy atom. The summed E-state index contributed by atoms with van der Waals surface area (Å²) in [5, 5.41) is 4.47. The summed E-state index contributed by atoms with van der Waals surface area (Å²) in [6.07, 6.45) is 0. The number of carbonyl (C=O) groups excluding carboxylic acids is 1. The van der Waals surface area contributed by atoms with E-state index >= 15 is 0 Å². The number of halogens is 1. The van der Waals surface area contributed by atoms with Crippen molar-refractivity contribution >= 4 is 34.2 Å². The zero-order valence-corrected chi connectivity index (χ0v) is 18.8. The number of hydrogen-bond acceptors (Lipinski definition) is 4. The van der Waals surface area contributed by atoms with E-state index in [4.69, 9.17) is 16.3 Å².